The molecule has 1 rings (SSSR count). The molecule has 0 heterocycles. The molecule has 0 N–H and O–H groups in total. The summed E-state index contributed by atoms with van der Waals surface area (Å²) >= 11 is 0. The summed E-state index contributed by atoms with van der Waals surface area (Å²) in [5.41, 5.74) is 0.868. The SMILES string of the molecule is CC#CCCC(=O)C#Cc1ccccc1. The smallest absolute Gasteiger partial charge is 0.206 e. The molecule has 0 fully saturated rings. The van der Waals surface area contributed by atoms with E-state index < -0.39 is 0 Å². The van der Waals surface area contributed by atoms with E-state index in [-0.39, 0.29) is 5.78 Å². The fraction of sp³-hybridized carbons (Fsp3) is 0.214. The van der Waals surface area contributed by atoms with E-state index in [0.717, 1.165) is 5.56 Å². The van der Waals surface area contributed by atoms with Crippen LogP contribution in [-0.4, -0.2) is 5.78 Å². The molecule has 0 saturated heterocycles. The molecule has 0 saturated carbocycles. The number of hydrogen-bond donors (Lipinski definition) is 0. The van der Waals surface area contributed by atoms with Gasteiger partial charge in [-0.15, -0.1) is 11.8 Å². The Labute approximate surface area is 90.5 Å². The fourth-order valence-electron chi connectivity index (χ4n) is 1.03. The van der Waals surface area contributed by atoms with Crippen molar-refractivity contribution < 1.29 is 4.79 Å². The third-order valence-corrected chi connectivity index (χ3v) is 1.77. The van der Waals surface area contributed by atoms with E-state index >= 15 is 0 Å². The molecular weight excluding hydrogens is 184 g/mol. The van der Waals surface area contributed by atoms with Gasteiger partial charge in [-0.1, -0.05) is 24.1 Å². The zero-order chi connectivity index (χ0) is 10.9. The van der Waals surface area contributed by atoms with Gasteiger partial charge >= 0.3 is 0 Å². The highest BCUT2D eigenvalue weighted by Gasteiger charge is 1.93. The van der Waals surface area contributed by atoms with E-state index in [1.54, 1.807) is 6.92 Å². The topological polar surface area (TPSA) is 17.1 Å². The number of carbonyl (C=O) groups excluding carboxylic acids is 1. The normalized spacial score (nSPS) is 8.07. The van der Waals surface area contributed by atoms with Gasteiger partial charge in [0.05, 0.1) is 0 Å². The van der Waals surface area contributed by atoms with Gasteiger partial charge in [-0.05, 0) is 25.0 Å². The molecule has 1 heteroatoms. The van der Waals surface area contributed by atoms with Crippen molar-refractivity contribution in [2.75, 3.05) is 0 Å². The van der Waals surface area contributed by atoms with Gasteiger partial charge in [0, 0.05) is 18.4 Å². The molecule has 15 heavy (non-hydrogen) atoms. The van der Waals surface area contributed by atoms with Gasteiger partial charge in [-0.25, -0.2) is 0 Å². The third kappa shape index (κ3) is 4.69. The molecule has 0 amide bonds. The van der Waals surface area contributed by atoms with Crippen LogP contribution in [0.25, 0.3) is 0 Å². The lowest BCUT2D eigenvalue weighted by molar-refractivity contribution is -0.113. The maximum Gasteiger partial charge on any atom is 0.206 e. The summed E-state index contributed by atoms with van der Waals surface area (Å²) in [6.45, 7) is 1.76. The summed E-state index contributed by atoms with van der Waals surface area (Å²) in [6.07, 6.45) is 1.01. The van der Waals surface area contributed by atoms with Gasteiger partial charge in [-0.3, -0.25) is 4.79 Å². The minimum Gasteiger partial charge on any atom is -0.285 e. The summed E-state index contributed by atoms with van der Waals surface area (Å²) in [7, 11) is 0. The lowest BCUT2D eigenvalue weighted by Gasteiger charge is -1.87. The van der Waals surface area contributed by atoms with Crippen molar-refractivity contribution in [3.63, 3.8) is 0 Å². The van der Waals surface area contributed by atoms with Gasteiger partial charge in [0.1, 0.15) is 0 Å². The highest BCUT2D eigenvalue weighted by molar-refractivity contribution is 5.96. The summed E-state index contributed by atoms with van der Waals surface area (Å²) in [4.78, 5) is 11.2. The number of rotatable bonds is 2. The van der Waals surface area contributed by atoms with E-state index in [1.807, 2.05) is 30.3 Å². The van der Waals surface area contributed by atoms with Crippen LogP contribution in [0, 0.1) is 23.7 Å². The van der Waals surface area contributed by atoms with Crippen molar-refractivity contribution in [2.45, 2.75) is 19.8 Å². The monoisotopic (exact) mass is 196 g/mol. The van der Waals surface area contributed by atoms with E-state index in [9.17, 15) is 4.79 Å². The Bertz CT molecular complexity index is 435. The molecular formula is C14H12O. The minimum absolute atomic E-state index is 0.0541. The van der Waals surface area contributed by atoms with E-state index in [1.165, 1.54) is 0 Å². The molecule has 0 atom stereocenters. The fourth-order valence-corrected chi connectivity index (χ4v) is 1.03. The highest BCUT2D eigenvalue weighted by Crippen LogP contribution is 1.95. The Hall–Kier alpha value is -1.99. The van der Waals surface area contributed by atoms with Crippen molar-refractivity contribution >= 4 is 5.78 Å². The molecule has 0 unspecified atom stereocenters. The molecule has 0 aliphatic carbocycles. The summed E-state index contributed by atoms with van der Waals surface area (Å²) in [5.74, 6) is 11.0. The molecule has 1 aromatic carbocycles. The maximum absolute atomic E-state index is 11.2. The molecule has 0 bridgehead atoms. The summed E-state index contributed by atoms with van der Waals surface area (Å²) in [6, 6.07) is 9.48. The first-order valence-corrected chi connectivity index (χ1v) is 4.82. The standard InChI is InChI=1S/C14H12O/c1-2-3-5-10-14(15)12-11-13-8-6-4-7-9-13/h4,6-9H,5,10H2,1H3. The first-order chi connectivity index (χ1) is 7.33. The van der Waals surface area contributed by atoms with Gasteiger partial charge in [0.15, 0.2) is 0 Å². The van der Waals surface area contributed by atoms with E-state index in [2.05, 4.69) is 23.7 Å². The Morgan fingerprint density at radius 1 is 1.27 bits per heavy atom. The van der Waals surface area contributed by atoms with Crippen LogP contribution >= 0.6 is 0 Å². The number of carbonyl (C=O) groups is 1. The van der Waals surface area contributed by atoms with Crippen LogP contribution in [0.4, 0.5) is 0 Å². The average molecular weight is 196 g/mol. The molecule has 0 radical (unpaired) electrons. The highest BCUT2D eigenvalue weighted by atomic mass is 16.1. The number of hydrogen-bond acceptors (Lipinski definition) is 1. The molecule has 1 aromatic rings. The van der Waals surface area contributed by atoms with Crippen LogP contribution in [0.3, 0.4) is 0 Å². The number of ketones is 1. The Morgan fingerprint density at radius 3 is 2.67 bits per heavy atom. The van der Waals surface area contributed by atoms with Gasteiger partial charge < -0.3 is 0 Å². The molecule has 74 valence electrons. The predicted molar refractivity (Wildman–Crippen MR) is 61.0 cm³/mol. The lowest BCUT2D eigenvalue weighted by atomic mass is 10.2. The van der Waals surface area contributed by atoms with Crippen LogP contribution in [-0.2, 0) is 4.79 Å². The zero-order valence-electron chi connectivity index (χ0n) is 8.71. The van der Waals surface area contributed by atoms with Crippen molar-refractivity contribution in [1.82, 2.24) is 0 Å². The van der Waals surface area contributed by atoms with E-state index in [0.29, 0.717) is 12.8 Å². The largest absolute Gasteiger partial charge is 0.285 e. The van der Waals surface area contributed by atoms with Crippen molar-refractivity contribution in [1.29, 1.82) is 0 Å². The molecule has 1 nitrogen and oxygen atoms in total. The summed E-state index contributed by atoms with van der Waals surface area (Å²) in [5, 5.41) is 0. The first-order valence-electron chi connectivity index (χ1n) is 4.82. The van der Waals surface area contributed by atoms with Crippen LogP contribution < -0.4 is 0 Å². The Balaban J connectivity index is 2.50. The maximum atomic E-state index is 11.2. The van der Waals surface area contributed by atoms with Gasteiger partial charge in [0.2, 0.25) is 5.78 Å². The van der Waals surface area contributed by atoms with E-state index in [4.69, 9.17) is 0 Å². The predicted octanol–water partition coefficient (Wildman–Crippen LogP) is 2.41. The van der Waals surface area contributed by atoms with Gasteiger partial charge in [0.25, 0.3) is 0 Å². The third-order valence-electron chi connectivity index (χ3n) is 1.77. The molecule has 0 spiro atoms. The average Bonchev–Trinajstić information content (AvgIpc) is 2.28. The molecule has 0 aliphatic heterocycles. The zero-order valence-corrected chi connectivity index (χ0v) is 8.71. The van der Waals surface area contributed by atoms with Crippen molar-refractivity contribution in [3.05, 3.63) is 35.9 Å². The van der Waals surface area contributed by atoms with Gasteiger partial charge in [-0.2, -0.15) is 0 Å². The quantitative estimate of drug-likeness (QED) is 0.664. The second-order valence-corrected chi connectivity index (χ2v) is 2.97. The van der Waals surface area contributed by atoms with Crippen LogP contribution in [0.15, 0.2) is 30.3 Å². The Morgan fingerprint density at radius 2 is 2.00 bits per heavy atom. The lowest BCUT2D eigenvalue weighted by Crippen LogP contribution is -1.91. The number of benzene rings is 1. The second kappa shape index (κ2) is 6.46. The molecule has 0 aromatic heterocycles. The van der Waals surface area contributed by atoms with Crippen LogP contribution in [0.5, 0.6) is 0 Å². The first kappa shape index (κ1) is 11.1. The van der Waals surface area contributed by atoms with Crippen molar-refractivity contribution in [3.8, 4) is 23.7 Å². The van der Waals surface area contributed by atoms with Crippen LogP contribution in [0.1, 0.15) is 25.3 Å². The Kier molecular flexibility index (Phi) is 4.78. The molecule has 0 aliphatic rings. The summed E-state index contributed by atoms with van der Waals surface area (Å²) < 4.78 is 0. The van der Waals surface area contributed by atoms with Crippen LogP contribution in [0.2, 0.25) is 0 Å². The second-order valence-electron chi connectivity index (χ2n) is 2.97. The number of Topliss-reactive ketones (excluding diaryl/α,β-unsaturated/α-hetero) is 1. The minimum atomic E-state index is -0.0541. The van der Waals surface area contributed by atoms with Crippen molar-refractivity contribution in [2.24, 2.45) is 0 Å².